The van der Waals surface area contributed by atoms with E-state index in [9.17, 15) is 5.11 Å². The number of benzene rings is 1. The van der Waals surface area contributed by atoms with Crippen LogP contribution in [0.2, 0.25) is 5.02 Å². The second-order valence-corrected chi connectivity index (χ2v) is 4.16. The van der Waals surface area contributed by atoms with Crippen LogP contribution >= 0.6 is 11.6 Å². The van der Waals surface area contributed by atoms with E-state index in [-0.39, 0.29) is 12.5 Å². The van der Waals surface area contributed by atoms with Crippen LogP contribution in [-0.4, -0.2) is 11.7 Å². The largest absolute Gasteiger partial charge is 0.396 e. The van der Waals surface area contributed by atoms with Gasteiger partial charge in [0.1, 0.15) is 0 Å². The van der Waals surface area contributed by atoms with Gasteiger partial charge in [-0.3, -0.25) is 0 Å². The fraction of sp³-hybridized carbons (Fsp3) is 0.500. The van der Waals surface area contributed by atoms with Crippen molar-refractivity contribution in [3.05, 3.63) is 34.9 Å². The number of aliphatic hydroxyl groups excluding tert-OH is 1. The number of rotatable bonds is 4. The van der Waals surface area contributed by atoms with Crippen LogP contribution in [0.4, 0.5) is 0 Å². The molecule has 0 aliphatic heterocycles. The molecule has 0 spiro atoms. The predicted molar refractivity (Wildman–Crippen MR) is 60.7 cm³/mol. The van der Waals surface area contributed by atoms with E-state index in [0.29, 0.717) is 5.92 Å². The maximum atomic E-state index is 9.32. The molecule has 2 atom stereocenters. The molecule has 78 valence electrons. The van der Waals surface area contributed by atoms with Gasteiger partial charge in [-0.15, -0.1) is 0 Å². The Morgan fingerprint density at radius 2 is 1.86 bits per heavy atom. The van der Waals surface area contributed by atoms with Gasteiger partial charge < -0.3 is 5.11 Å². The van der Waals surface area contributed by atoms with E-state index in [1.807, 2.05) is 24.3 Å². The lowest BCUT2D eigenvalue weighted by Gasteiger charge is -2.21. The van der Waals surface area contributed by atoms with Crippen LogP contribution in [0.3, 0.4) is 0 Å². The smallest absolute Gasteiger partial charge is 0.0502 e. The molecule has 1 N–H and O–H groups in total. The Labute approximate surface area is 90.7 Å². The average molecular weight is 213 g/mol. The summed E-state index contributed by atoms with van der Waals surface area (Å²) in [7, 11) is 0. The van der Waals surface area contributed by atoms with Gasteiger partial charge in [0, 0.05) is 10.9 Å². The molecule has 1 aromatic rings. The first kappa shape index (κ1) is 11.5. The van der Waals surface area contributed by atoms with Crippen molar-refractivity contribution in [2.75, 3.05) is 6.61 Å². The van der Waals surface area contributed by atoms with Crippen molar-refractivity contribution >= 4 is 11.6 Å². The summed E-state index contributed by atoms with van der Waals surface area (Å²) in [6.07, 6.45) is 1.08. The Bertz CT molecular complexity index is 268. The highest BCUT2D eigenvalue weighted by Gasteiger charge is 2.16. The minimum absolute atomic E-state index is 0.205. The molecule has 0 bridgehead atoms. The third-order valence-electron chi connectivity index (χ3n) is 2.83. The Kier molecular flexibility index (Phi) is 4.43. The molecule has 0 amide bonds. The summed E-state index contributed by atoms with van der Waals surface area (Å²) < 4.78 is 0. The summed E-state index contributed by atoms with van der Waals surface area (Å²) in [5.74, 6) is 0.735. The van der Waals surface area contributed by atoms with Gasteiger partial charge in [-0.25, -0.2) is 0 Å². The molecule has 1 rings (SSSR count). The van der Waals surface area contributed by atoms with Gasteiger partial charge in [0.05, 0.1) is 6.61 Å². The maximum absolute atomic E-state index is 9.32. The summed E-state index contributed by atoms with van der Waals surface area (Å²) in [6.45, 7) is 4.51. The van der Waals surface area contributed by atoms with Crippen LogP contribution in [0.5, 0.6) is 0 Å². The second-order valence-electron chi connectivity index (χ2n) is 3.73. The Morgan fingerprint density at radius 3 is 2.29 bits per heavy atom. The zero-order chi connectivity index (χ0) is 10.6. The maximum Gasteiger partial charge on any atom is 0.0502 e. The normalized spacial score (nSPS) is 15.1. The molecular weight excluding hydrogens is 196 g/mol. The van der Waals surface area contributed by atoms with Crippen LogP contribution in [-0.2, 0) is 0 Å². The fourth-order valence-electron chi connectivity index (χ4n) is 1.61. The molecule has 0 saturated heterocycles. The highest BCUT2D eigenvalue weighted by molar-refractivity contribution is 6.30. The van der Waals surface area contributed by atoms with Gasteiger partial charge in [0.25, 0.3) is 0 Å². The van der Waals surface area contributed by atoms with E-state index in [0.717, 1.165) is 11.4 Å². The molecule has 2 heteroatoms. The summed E-state index contributed by atoms with van der Waals surface area (Å²) >= 11 is 5.81. The lowest BCUT2D eigenvalue weighted by Crippen LogP contribution is -2.13. The summed E-state index contributed by atoms with van der Waals surface area (Å²) in [6, 6.07) is 7.74. The Balaban J connectivity index is 2.84. The fourth-order valence-corrected chi connectivity index (χ4v) is 1.73. The zero-order valence-electron chi connectivity index (χ0n) is 8.70. The van der Waals surface area contributed by atoms with Crippen molar-refractivity contribution in [3.63, 3.8) is 0 Å². The molecule has 0 fully saturated rings. The van der Waals surface area contributed by atoms with Crippen LogP contribution in [0, 0.1) is 5.92 Å². The van der Waals surface area contributed by atoms with Gasteiger partial charge in [-0.2, -0.15) is 0 Å². The van der Waals surface area contributed by atoms with E-state index < -0.39 is 0 Å². The summed E-state index contributed by atoms with van der Waals surface area (Å²) in [5.41, 5.74) is 1.17. The van der Waals surface area contributed by atoms with Gasteiger partial charge >= 0.3 is 0 Å². The standard InChI is InChI=1S/C12H17ClO/c1-3-9(2)12(8-14)10-4-6-11(13)7-5-10/h4-7,9,12,14H,3,8H2,1-2H3. The lowest BCUT2D eigenvalue weighted by molar-refractivity contribution is 0.229. The highest BCUT2D eigenvalue weighted by Crippen LogP contribution is 2.27. The van der Waals surface area contributed by atoms with Crippen LogP contribution in [0.25, 0.3) is 0 Å². The Hall–Kier alpha value is -0.530. The predicted octanol–water partition coefficient (Wildman–Crippen LogP) is 3.46. The monoisotopic (exact) mass is 212 g/mol. The van der Waals surface area contributed by atoms with E-state index in [1.165, 1.54) is 5.56 Å². The molecule has 1 nitrogen and oxygen atoms in total. The zero-order valence-corrected chi connectivity index (χ0v) is 9.46. The van der Waals surface area contributed by atoms with Crippen molar-refractivity contribution in [2.24, 2.45) is 5.92 Å². The van der Waals surface area contributed by atoms with E-state index >= 15 is 0 Å². The Morgan fingerprint density at radius 1 is 1.29 bits per heavy atom. The molecule has 0 heterocycles. The van der Waals surface area contributed by atoms with Crippen molar-refractivity contribution in [3.8, 4) is 0 Å². The van der Waals surface area contributed by atoms with Gasteiger partial charge in [0.15, 0.2) is 0 Å². The third kappa shape index (κ3) is 2.73. The average Bonchev–Trinajstić information content (AvgIpc) is 2.21. The van der Waals surface area contributed by atoms with Crippen LogP contribution in [0.1, 0.15) is 31.7 Å². The van der Waals surface area contributed by atoms with E-state index in [4.69, 9.17) is 11.6 Å². The topological polar surface area (TPSA) is 20.2 Å². The summed E-state index contributed by atoms with van der Waals surface area (Å²) in [5, 5.41) is 10.1. The number of halogens is 1. The quantitative estimate of drug-likeness (QED) is 0.811. The SMILES string of the molecule is CCC(C)C(CO)c1ccc(Cl)cc1. The van der Waals surface area contributed by atoms with Crippen molar-refractivity contribution in [2.45, 2.75) is 26.2 Å². The van der Waals surface area contributed by atoms with Crippen molar-refractivity contribution < 1.29 is 5.11 Å². The molecule has 0 aliphatic rings. The van der Waals surface area contributed by atoms with E-state index in [2.05, 4.69) is 13.8 Å². The number of aliphatic hydroxyl groups is 1. The first-order chi connectivity index (χ1) is 6.69. The van der Waals surface area contributed by atoms with Crippen molar-refractivity contribution in [1.29, 1.82) is 0 Å². The van der Waals surface area contributed by atoms with Gasteiger partial charge in [-0.05, 0) is 23.6 Å². The third-order valence-corrected chi connectivity index (χ3v) is 3.08. The van der Waals surface area contributed by atoms with Gasteiger partial charge in [-0.1, -0.05) is 44.0 Å². The molecule has 0 aliphatic carbocycles. The molecule has 2 unspecified atom stereocenters. The molecule has 0 radical (unpaired) electrons. The first-order valence-electron chi connectivity index (χ1n) is 5.05. The van der Waals surface area contributed by atoms with Crippen LogP contribution in [0.15, 0.2) is 24.3 Å². The summed E-state index contributed by atoms with van der Waals surface area (Å²) in [4.78, 5) is 0. The highest BCUT2D eigenvalue weighted by atomic mass is 35.5. The second kappa shape index (κ2) is 5.38. The minimum Gasteiger partial charge on any atom is -0.396 e. The number of hydrogen-bond donors (Lipinski definition) is 1. The molecule has 0 saturated carbocycles. The van der Waals surface area contributed by atoms with E-state index in [1.54, 1.807) is 0 Å². The number of hydrogen-bond acceptors (Lipinski definition) is 1. The van der Waals surface area contributed by atoms with Crippen molar-refractivity contribution in [1.82, 2.24) is 0 Å². The van der Waals surface area contributed by atoms with Gasteiger partial charge in [0.2, 0.25) is 0 Å². The first-order valence-corrected chi connectivity index (χ1v) is 5.43. The molecule has 14 heavy (non-hydrogen) atoms. The lowest BCUT2D eigenvalue weighted by atomic mass is 9.86. The molecule has 1 aromatic carbocycles. The molecule has 0 aromatic heterocycles. The molecular formula is C12H17ClO. The van der Waals surface area contributed by atoms with Crippen LogP contribution < -0.4 is 0 Å². The minimum atomic E-state index is 0.205.